The van der Waals surface area contributed by atoms with Crippen LogP contribution in [-0.2, 0) is 6.42 Å². The van der Waals surface area contributed by atoms with Gasteiger partial charge in [0.25, 0.3) is 0 Å². The molecule has 2 heterocycles. The van der Waals surface area contributed by atoms with Gasteiger partial charge in [-0.15, -0.1) is 0 Å². The summed E-state index contributed by atoms with van der Waals surface area (Å²) in [6, 6.07) is 8.34. The number of aromatic nitrogens is 1. The van der Waals surface area contributed by atoms with Crippen LogP contribution in [0.2, 0.25) is 0 Å². The minimum Gasteiger partial charge on any atom is -0.494 e. The minimum absolute atomic E-state index is 0.652. The van der Waals surface area contributed by atoms with Gasteiger partial charge >= 0.3 is 0 Å². The number of fused-ring (bicyclic) bond motifs is 1. The third kappa shape index (κ3) is 2.95. The van der Waals surface area contributed by atoms with E-state index in [1.807, 2.05) is 19.1 Å². The molecule has 3 rings (SSSR count). The van der Waals surface area contributed by atoms with Gasteiger partial charge in [0.15, 0.2) is 0 Å². The third-order valence-electron chi connectivity index (χ3n) is 3.97. The van der Waals surface area contributed by atoms with E-state index in [1.54, 1.807) is 0 Å². The zero-order valence-corrected chi connectivity index (χ0v) is 12.6. The first-order valence-electron chi connectivity index (χ1n) is 7.83. The summed E-state index contributed by atoms with van der Waals surface area (Å²) >= 11 is 0. The predicted molar refractivity (Wildman–Crippen MR) is 87.1 cm³/mol. The maximum absolute atomic E-state index is 5.78. The molecule has 1 aromatic heterocycles. The van der Waals surface area contributed by atoms with Gasteiger partial charge in [-0.2, -0.15) is 0 Å². The predicted octanol–water partition coefficient (Wildman–Crippen LogP) is 2.73. The molecule has 0 aliphatic carbocycles. The van der Waals surface area contributed by atoms with Gasteiger partial charge in [0.05, 0.1) is 12.1 Å². The van der Waals surface area contributed by atoms with Gasteiger partial charge in [-0.1, -0.05) is 0 Å². The average molecular weight is 285 g/mol. The normalized spacial score (nSPS) is 14.9. The Labute approximate surface area is 125 Å². The van der Waals surface area contributed by atoms with Crippen molar-refractivity contribution in [3.8, 4) is 5.75 Å². The highest BCUT2D eigenvalue weighted by Crippen LogP contribution is 2.28. The summed E-state index contributed by atoms with van der Waals surface area (Å²) in [5, 5.41) is 1.13. The number of anilines is 1. The lowest BCUT2D eigenvalue weighted by Crippen LogP contribution is -2.21. The van der Waals surface area contributed by atoms with E-state index in [-0.39, 0.29) is 0 Å². The monoisotopic (exact) mass is 285 g/mol. The molecular weight excluding hydrogens is 262 g/mol. The summed E-state index contributed by atoms with van der Waals surface area (Å²) in [6.45, 7) is 5.54. The molecule has 1 fully saturated rings. The highest BCUT2D eigenvalue weighted by molar-refractivity contribution is 5.83. The summed E-state index contributed by atoms with van der Waals surface area (Å²) in [6.07, 6.45) is 3.38. The number of nitrogens with zero attached hydrogens (tertiary/aromatic N) is 2. The number of hydrogen-bond acceptors (Lipinski definition) is 4. The molecule has 0 spiro atoms. The van der Waals surface area contributed by atoms with E-state index >= 15 is 0 Å². The second-order valence-electron chi connectivity index (χ2n) is 5.49. The van der Waals surface area contributed by atoms with Crippen molar-refractivity contribution in [3.05, 3.63) is 29.8 Å². The molecular formula is C17H23N3O. The van der Waals surface area contributed by atoms with E-state index in [0.717, 1.165) is 42.0 Å². The van der Waals surface area contributed by atoms with Crippen LogP contribution in [0.15, 0.2) is 24.3 Å². The maximum atomic E-state index is 5.78. The Bertz CT molecular complexity index is 621. The van der Waals surface area contributed by atoms with Crippen LogP contribution >= 0.6 is 0 Å². The molecule has 0 amide bonds. The Kier molecular flexibility index (Phi) is 4.25. The van der Waals surface area contributed by atoms with Crippen LogP contribution < -0.4 is 15.4 Å². The molecule has 2 aromatic rings. The van der Waals surface area contributed by atoms with Gasteiger partial charge in [-0.25, -0.2) is 4.98 Å². The van der Waals surface area contributed by atoms with Crippen molar-refractivity contribution in [2.75, 3.05) is 31.1 Å². The van der Waals surface area contributed by atoms with Gasteiger partial charge in [0.2, 0.25) is 0 Å². The van der Waals surface area contributed by atoms with Crippen LogP contribution in [0.3, 0.4) is 0 Å². The number of nitrogens with two attached hydrogens (primary N) is 1. The molecule has 4 nitrogen and oxygen atoms in total. The van der Waals surface area contributed by atoms with E-state index in [1.165, 1.54) is 18.4 Å². The van der Waals surface area contributed by atoms with Crippen molar-refractivity contribution in [2.45, 2.75) is 26.2 Å². The summed E-state index contributed by atoms with van der Waals surface area (Å²) in [7, 11) is 0. The van der Waals surface area contributed by atoms with Gasteiger partial charge < -0.3 is 15.4 Å². The quantitative estimate of drug-likeness (QED) is 0.917. The molecule has 0 radical (unpaired) electrons. The molecule has 1 aliphatic rings. The van der Waals surface area contributed by atoms with Crippen molar-refractivity contribution in [1.29, 1.82) is 0 Å². The molecule has 2 N–H and O–H groups in total. The van der Waals surface area contributed by atoms with E-state index < -0.39 is 0 Å². The zero-order valence-electron chi connectivity index (χ0n) is 12.6. The summed E-state index contributed by atoms with van der Waals surface area (Å²) in [5.41, 5.74) is 8.06. The molecule has 4 heteroatoms. The molecule has 1 aromatic carbocycles. The van der Waals surface area contributed by atoms with Crippen LogP contribution in [0.4, 0.5) is 5.82 Å². The number of benzene rings is 1. The summed E-state index contributed by atoms with van der Waals surface area (Å²) in [5.74, 6) is 2.02. The lowest BCUT2D eigenvalue weighted by Gasteiger charge is -2.21. The second kappa shape index (κ2) is 6.31. The molecule has 1 saturated heterocycles. The first kappa shape index (κ1) is 14.1. The molecule has 112 valence electrons. The molecule has 0 bridgehead atoms. The van der Waals surface area contributed by atoms with E-state index in [0.29, 0.717) is 13.2 Å². The van der Waals surface area contributed by atoms with Gasteiger partial charge in [0, 0.05) is 18.5 Å². The zero-order chi connectivity index (χ0) is 14.7. The molecule has 0 saturated carbocycles. The maximum Gasteiger partial charge on any atom is 0.132 e. The van der Waals surface area contributed by atoms with Gasteiger partial charge in [0.1, 0.15) is 11.6 Å². The Hall–Kier alpha value is -1.81. The Balaban J connectivity index is 2.05. The van der Waals surface area contributed by atoms with Crippen molar-refractivity contribution >= 4 is 16.7 Å². The Morgan fingerprint density at radius 2 is 2.05 bits per heavy atom. The standard InChI is InChI=1S/C17H23N3O/c1-2-21-15-5-6-16-14(12-15)11-13(7-8-18)17(19-16)20-9-3-4-10-20/h5-6,11-12H,2-4,7-10,18H2,1H3. The lowest BCUT2D eigenvalue weighted by molar-refractivity contribution is 0.340. The largest absolute Gasteiger partial charge is 0.494 e. The van der Waals surface area contributed by atoms with Crippen LogP contribution in [0, 0.1) is 0 Å². The van der Waals surface area contributed by atoms with Crippen LogP contribution in [-0.4, -0.2) is 31.2 Å². The van der Waals surface area contributed by atoms with Crippen molar-refractivity contribution in [1.82, 2.24) is 4.98 Å². The minimum atomic E-state index is 0.652. The van der Waals surface area contributed by atoms with Crippen molar-refractivity contribution in [3.63, 3.8) is 0 Å². The fourth-order valence-electron chi connectivity index (χ4n) is 2.99. The lowest BCUT2D eigenvalue weighted by atomic mass is 10.1. The topological polar surface area (TPSA) is 51.4 Å². The Morgan fingerprint density at radius 3 is 2.76 bits per heavy atom. The fourth-order valence-corrected chi connectivity index (χ4v) is 2.99. The van der Waals surface area contributed by atoms with Crippen LogP contribution in [0.25, 0.3) is 10.9 Å². The number of rotatable bonds is 5. The average Bonchev–Trinajstić information content (AvgIpc) is 3.01. The highest BCUT2D eigenvalue weighted by atomic mass is 16.5. The van der Waals surface area contributed by atoms with Crippen LogP contribution in [0.1, 0.15) is 25.3 Å². The molecule has 21 heavy (non-hydrogen) atoms. The van der Waals surface area contributed by atoms with Crippen molar-refractivity contribution in [2.24, 2.45) is 5.73 Å². The Morgan fingerprint density at radius 1 is 1.24 bits per heavy atom. The SMILES string of the molecule is CCOc1ccc2nc(N3CCCC3)c(CCN)cc2c1. The number of ether oxygens (including phenoxy) is 1. The molecule has 0 unspecified atom stereocenters. The number of pyridine rings is 1. The third-order valence-corrected chi connectivity index (χ3v) is 3.97. The van der Waals surface area contributed by atoms with Gasteiger partial charge in [-0.05, 0) is 62.6 Å². The first-order chi connectivity index (χ1) is 10.3. The smallest absolute Gasteiger partial charge is 0.132 e. The van der Waals surface area contributed by atoms with E-state index in [9.17, 15) is 0 Å². The fraction of sp³-hybridized carbons (Fsp3) is 0.471. The second-order valence-corrected chi connectivity index (χ2v) is 5.49. The first-order valence-corrected chi connectivity index (χ1v) is 7.83. The van der Waals surface area contributed by atoms with Gasteiger partial charge in [-0.3, -0.25) is 0 Å². The molecule has 0 atom stereocenters. The van der Waals surface area contributed by atoms with E-state index in [2.05, 4.69) is 17.0 Å². The van der Waals surface area contributed by atoms with E-state index in [4.69, 9.17) is 15.5 Å². The summed E-state index contributed by atoms with van der Waals surface area (Å²) < 4.78 is 5.58. The van der Waals surface area contributed by atoms with Crippen LogP contribution in [0.5, 0.6) is 5.75 Å². The number of hydrogen-bond donors (Lipinski definition) is 1. The highest BCUT2D eigenvalue weighted by Gasteiger charge is 2.17. The summed E-state index contributed by atoms with van der Waals surface area (Å²) in [4.78, 5) is 7.28. The molecule has 1 aliphatic heterocycles. The van der Waals surface area contributed by atoms with Crippen molar-refractivity contribution < 1.29 is 4.74 Å².